The number of imidazole rings is 1. The zero-order valence-corrected chi connectivity index (χ0v) is 14.3. The van der Waals surface area contributed by atoms with Gasteiger partial charge in [-0.15, -0.1) is 0 Å². The molecule has 8 nitrogen and oxygen atoms in total. The van der Waals surface area contributed by atoms with Crippen LogP contribution in [0, 0.1) is 6.92 Å². The highest BCUT2D eigenvalue weighted by Gasteiger charge is 2.24. The zero-order chi connectivity index (χ0) is 18.0. The molecule has 0 unspecified atom stereocenters. The normalized spacial score (nSPS) is 10.8. The first kappa shape index (κ1) is 16.7. The van der Waals surface area contributed by atoms with Crippen LogP contribution in [0.5, 0.6) is 0 Å². The van der Waals surface area contributed by atoms with Crippen LogP contribution in [-0.4, -0.2) is 44.3 Å². The Balaban J connectivity index is 2.01. The molecule has 3 aromatic heterocycles. The summed E-state index contributed by atoms with van der Waals surface area (Å²) in [5.74, 6) is 0.428. The average Bonchev–Trinajstić information content (AvgIpc) is 3.19. The van der Waals surface area contributed by atoms with Gasteiger partial charge in [-0.1, -0.05) is 11.2 Å². The van der Waals surface area contributed by atoms with Crippen molar-refractivity contribution in [3.8, 4) is 0 Å². The van der Waals surface area contributed by atoms with Gasteiger partial charge in [-0.05, 0) is 32.9 Å². The van der Waals surface area contributed by atoms with Crippen molar-refractivity contribution in [1.29, 1.82) is 0 Å². The molecule has 0 spiro atoms. The second-order valence-corrected chi connectivity index (χ2v) is 5.49. The van der Waals surface area contributed by atoms with E-state index in [1.807, 2.05) is 13.8 Å². The summed E-state index contributed by atoms with van der Waals surface area (Å²) in [6.45, 7) is 6.67. The highest BCUT2D eigenvalue weighted by molar-refractivity contribution is 6.08. The van der Waals surface area contributed by atoms with Crippen LogP contribution in [0.3, 0.4) is 0 Å². The lowest BCUT2D eigenvalue weighted by Gasteiger charge is -2.17. The molecule has 3 aromatic rings. The smallest absolute Gasteiger partial charge is 0.290 e. The van der Waals surface area contributed by atoms with E-state index in [9.17, 15) is 9.59 Å². The summed E-state index contributed by atoms with van der Waals surface area (Å²) in [7, 11) is 0. The maximum absolute atomic E-state index is 12.7. The summed E-state index contributed by atoms with van der Waals surface area (Å²) in [4.78, 5) is 31.3. The molecule has 1 N–H and O–H groups in total. The van der Waals surface area contributed by atoms with Crippen molar-refractivity contribution in [2.75, 3.05) is 18.4 Å². The van der Waals surface area contributed by atoms with Crippen LogP contribution in [0.2, 0.25) is 0 Å². The summed E-state index contributed by atoms with van der Waals surface area (Å²) in [5, 5.41) is 6.38. The Morgan fingerprint density at radius 2 is 2.04 bits per heavy atom. The van der Waals surface area contributed by atoms with E-state index in [1.54, 1.807) is 46.7 Å². The predicted molar refractivity (Wildman–Crippen MR) is 91.6 cm³/mol. The number of nitrogens with one attached hydrogen (secondary N) is 1. The number of pyridine rings is 1. The largest absolute Gasteiger partial charge is 0.360 e. The number of aromatic nitrogens is 3. The van der Waals surface area contributed by atoms with E-state index < -0.39 is 5.91 Å². The molecular weight excluding hydrogens is 322 g/mol. The number of anilines is 1. The van der Waals surface area contributed by atoms with Gasteiger partial charge in [-0.2, -0.15) is 0 Å². The molecule has 0 aliphatic rings. The Morgan fingerprint density at radius 3 is 2.68 bits per heavy atom. The Labute approximate surface area is 144 Å². The number of fused-ring (bicyclic) bond motifs is 1. The summed E-state index contributed by atoms with van der Waals surface area (Å²) >= 11 is 0. The van der Waals surface area contributed by atoms with Crippen LogP contribution < -0.4 is 5.32 Å². The van der Waals surface area contributed by atoms with Crippen molar-refractivity contribution in [1.82, 2.24) is 19.4 Å². The number of hydrogen-bond acceptors (Lipinski definition) is 5. The van der Waals surface area contributed by atoms with E-state index in [0.29, 0.717) is 30.2 Å². The first-order valence-corrected chi connectivity index (χ1v) is 8.06. The molecule has 0 saturated carbocycles. The van der Waals surface area contributed by atoms with E-state index >= 15 is 0 Å². The third-order valence-electron chi connectivity index (χ3n) is 3.87. The van der Waals surface area contributed by atoms with Gasteiger partial charge in [0.25, 0.3) is 11.8 Å². The maximum Gasteiger partial charge on any atom is 0.290 e. The molecule has 2 amide bonds. The quantitative estimate of drug-likeness (QED) is 0.769. The third kappa shape index (κ3) is 3.10. The molecule has 0 aliphatic heterocycles. The molecule has 130 valence electrons. The van der Waals surface area contributed by atoms with E-state index in [-0.39, 0.29) is 17.4 Å². The molecular formula is C17H19N5O3. The van der Waals surface area contributed by atoms with Crippen LogP contribution in [-0.2, 0) is 0 Å². The Kier molecular flexibility index (Phi) is 4.51. The number of rotatable bonds is 5. The van der Waals surface area contributed by atoms with Gasteiger partial charge < -0.3 is 14.7 Å². The molecule has 25 heavy (non-hydrogen) atoms. The van der Waals surface area contributed by atoms with Crippen molar-refractivity contribution in [3.63, 3.8) is 0 Å². The van der Waals surface area contributed by atoms with E-state index in [1.165, 1.54) is 0 Å². The molecule has 3 rings (SSSR count). The van der Waals surface area contributed by atoms with Crippen molar-refractivity contribution in [2.45, 2.75) is 20.8 Å². The van der Waals surface area contributed by atoms with Crippen LogP contribution in [0.15, 0.2) is 35.0 Å². The lowest BCUT2D eigenvalue weighted by Crippen LogP contribution is -2.32. The molecule has 8 heteroatoms. The van der Waals surface area contributed by atoms with E-state index in [2.05, 4.69) is 15.5 Å². The van der Waals surface area contributed by atoms with Gasteiger partial charge in [0.2, 0.25) is 5.82 Å². The minimum atomic E-state index is -0.449. The molecule has 3 heterocycles. The summed E-state index contributed by atoms with van der Waals surface area (Å²) in [6.07, 6.45) is 1.72. The van der Waals surface area contributed by atoms with Gasteiger partial charge in [-0.25, -0.2) is 4.98 Å². The minimum Gasteiger partial charge on any atom is -0.360 e. The summed E-state index contributed by atoms with van der Waals surface area (Å²) in [5.41, 5.74) is 0.715. The van der Waals surface area contributed by atoms with Crippen molar-refractivity contribution in [3.05, 3.63) is 47.7 Å². The van der Waals surface area contributed by atoms with Crippen LogP contribution in [0.25, 0.3) is 5.52 Å². The zero-order valence-electron chi connectivity index (χ0n) is 14.3. The first-order valence-electron chi connectivity index (χ1n) is 8.06. The highest BCUT2D eigenvalue weighted by Crippen LogP contribution is 2.17. The van der Waals surface area contributed by atoms with Crippen LogP contribution >= 0.6 is 0 Å². The molecule has 0 fully saturated rings. The monoisotopic (exact) mass is 341 g/mol. The lowest BCUT2D eigenvalue weighted by molar-refractivity contribution is 0.0760. The van der Waals surface area contributed by atoms with E-state index in [0.717, 1.165) is 0 Å². The minimum absolute atomic E-state index is 0.164. The van der Waals surface area contributed by atoms with Crippen molar-refractivity contribution >= 4 is 23.1 Å². The molecule has 0 aromatic carbocycles. The van der Waals surface area contributed by atoms with Gasteiger partial charge >= 0.3 is 0 Å². The second-order valence-electron chi connectivity index (χ2n) is 5.49. The van der Waals surface area contributed by atoms with Gasteiger partial charge in [0.05, 0.1) is 5.52 Å². The van der Waals surface area contributed by atoms with Crippen LogP contribution in [0.4, 0.5) is 5.82 Å². The first-order chi connectivity index (χ1) is 12.0. The number of aryl methyl sites for hydroxylation is 1. The third-order valence-corrected chi connectivity index (χ3v) is 3.87. The predicted octanol–water partition coefficient (Wildman–Crippen LogP) is 2.37. The molecule has 0 bridgehead atoms. The number of hydrogen-bond donors (Lipinski definition) is 1. The van der Waals surface area contributed by atoms with Gasteiger partial charge in [-0.3, -0.25) is 14.0 Å². The fourth-order valence-electron chi connectivity index (χ4n) is 2.61. The highest BCUT2D eigenvalue weighted by atomic mass is 16.5. The fraction of sp³-hybridized carbons (Fsp3) is 0.294. The van der Waals surface area contributed by atoms with E-state index in [4.69, 9.17) is 4.52 Å². The van der Waals surface area contributed by atoms with Gasteiger partial charge in [0.1, 0.15) is 5.76 Å². The number of carbonyl (C=O) groups is 2. The molecule has 0 saturated heterocycles. The Bertz CT molecular complexity index is 923. The SMILES string of the molecule is CCN(CC)C(=O)c1nc(C(=O)Nc2cc(C)on2)c2ccccn12. The number of carbonyl (C=O) groups excluding carboxylic acids is 2. The Hall–Kier alpha value is -3.16. The topological polar surface area (TPSA) is 92.7 Å². The maximum atomic E-state index is 12.7. The number of amides is 2. The Morgan fingerprint density at radius 1 is 1.28 bits per heavy atom. The average molecular weight is 341 g/mol. The second kappa shape index (κ2) is 6.76. The number of nitrogens with zero attached hydrogens (tertiary/aromatic N) is 4. The summed E-state index contributed by atoms with van der Waals surface area (Å²) in [6, 6.07) is 6.93. The van der Waals surface area contributed by atoms with Crippen molar-refractivity contribution in [2.24, 2.45) is 0 Å². The lowest BCUT2D eigenvalue weighted by atomic mass is 10.3. The summed E-state index contributed by atoms with van der Waals surface area (Å²) < 4.78 is 6.57. The van der Waals surface area contributed by atoms with Gasteiger partial charge in [0, 0.05) is 25.4 Å². The van der Waals surface area contributed by atoms with Crippen molar-refractivity contribution < 1.29 is 14.1 Å². The fourth-order valence-corrected chi connectivity index (χ4v) is 2.61. The molecule has 0 aliphatic carbocycles. The standard InChI is InChI=1S/C17H19N5O3/c1-4-21(5-2)17(24)15-19-14(12-8-6-7-9-22(12)15)16(23)18-13-10-11(3)25-20-13/h6-10H,4-5H2,1-3H3,(H,18,20,23). The van der Waals surface area contributed by atoms with Crippen LogP contribution in [0.1, 0.15) is 40.7 Å². The molecule has 0 atom stereocenters. The van der Waals surface area contributed by atoms with Gasteiger partial charge in [0.15, 0.2) is 11.5 Å². The molecule has 0 radical (unpaired) electrons.